The number of piperidine rings is 1. The minimum Gasteiger partial charge on any atom is -0.341 e. The van der Waals surface area contributed by atoms with Gasteiger partial charge in [-0.1, -0.05) is 84.4 Å². The average molecular weight is 626 g/mol. The number of anilines is 1. The van der Waals surface area contributed by atoms with E-state index < -0.39 is 15.9 Å². The number of benzene rings is 2. The fraction of sp³-hybridized carbons (Fsp3) is 0.452. The third kappa shape index (κ3) is 7.49. The number of hydrogen-bond acceptors (Lipinski definition) is 6. The van der Waals surface area contributed by atoms with Crippen molar-refractivity contribution in [3.05, 3.63) is 82.1 Å². The maximum atomic E-state index is 13.3. The van der Waals surface area contributed by atoms with E-state index in [0.29, 0.717) is 34.4 Å². The second kappa shape index (κ2) is 13.3. The van der Waals surface area contributed by atoms with Gasteiger partial charge in [-0.05, 0) is 67.7 Å². The molecule has 1 N–H and O–H groups in total. The third-order valence-corrected chi connectivity index (χ3v) is 10.0. The Bertz CT molecular complexity index is 1400. The van der Waals surface area contributed by atoms with Crippen LogP contribution in [-0.2, 0) is 22.9 Å². The van der Waals surface area contributed by atoms with Crippen LogP contribution in [0.3, 0.4) is 0 Å². The summed E-state index contributed by atoms with van der Waals surface area (Å²) in [5.74, 6) is 1.18. The van der Waals surface area contributed by atoms with Crippen molar-refractivity contribution in [3.8, 4) is 0 Å². The van der Waals surface area contributed by atoms with E-state index >= 15 is 0 Å². The number of amides is 1. The van der Waals surface area contributed by atoms with Gasteiger partial charge in [0.1, 0.15) is 0 Å². The summed E-state index contributed by atoms with van der Waals surface area (Å²) in [4.78, 5) is 25.0. The van der Waals surface area contributed by atoms with Crippen LogP contribution in [0.2, 0.25) is 0 Å². The number of hydrogen-bond donors (Lipinski definition) is 1. The molecule has 1 amide bonds. The van der Waals surface area contributed by atoms with Crippen molar-refractivity contribution >= 4 is 37.8 Å². The molecule has 2 heterocycles. The van der Waals surface area contributed by atoms with Crippen LogP contribution in [0.25, 0.3) is 0 Å². The van der Waals surface area contributed by atoms with Crippen molar-refractivity contribution in [2.75, 3.05) is 18.0 Å². The maximum Gasteiger partial charge on any atom is 0.268 e. The number of nitrogens with zero attached hydrogens (tertiary/aromatic N) is 3. The Balaban J connectivity index is 1.31. The lowest BCUT2D eigenvalue weighted by molar-refractivity contribution is 0.0979. The summed E-state index contributed by atoms with van der Waals surface area (Å²) in [5.41, 5.74) is 2.23. The molecule has 0 unspecified atom stereocenters. The third-order valence-electron chi connectivity index (χ3n) is 8.21. The zero-order valence-corrected chi connectivity index (χ0v) is 25.2. The Hall–Kier alpha value is -2.78. The van der Waals surface area contributed by atoms with E-state index in [9.17, 15) is 13.2 Å². The molecule has 5 rings (SSSR count). The highest BCUT2D eigenvalue weighted by molar-refractivity contribution is 9.10. The van der Waals surface area contributed by atoms with E-state index in [2.05, 4.69) is 60.9 Å². The van der Waals surface area contributed by atoms with Crippen LogP contribution in [-0.4, -0.2) is 37.4 Å². The molecule has 9 heteroatoms. The second-order valence-corrected chi connectivity index (χ2v) is 13.7. The maximum absolute atomic E-state index is 13.3. The van der Waals surface area contributed by atoms with E-state index in [4.69, 9.17) is 4.98 Å². The topological polar surface area (TPSA) is 92.3 Å². The van der Waals surface area contributed by atoms with Gasteiger partial charge in [-0.3, -0.25) is 4.79 Å². The van der Waals surface area contributed by atoms with Gasteiger partial charge in [-0.25, -0.2) is 23.1 Å². The lowest BCUT2D eigenvalue weighted by Gasteiger charge is -2.32. The minimum atomic E-state index is -4.04. The molecule has 0 atom stereocenters. The molecule has 1 saturated carbocycles. The molecular formula is C31H37BrN4O3S. The summed E-state index contributed by atoms with van der Waals surface area (Å²) < 4.78 is 28.8. The fourth-order valence-corrected chi connectivity index (χ4v) is 7.47. The van der Waals surface area contributed by atoms with Gasteiger partial charge in [0.2, 0.25) is 5.95 Å². The Morgan fingerprint density at radius 3 is 2.42 bits per heavy atom. The first-order valence-electron chi connectivity index (χ1n) is 14.3. The van der Waals surface area contributed by atoms with Crippen LogP contribution >= 0.6 is 15.9 Å². The van der Waals surface area contributed by atoms with Crippen molar-refractivity contribution in [1.82, 2.24) is 14.7 Å². The number of nitrogens with one attached hydrogen (secondary N) is 1. The van der Waals surface area contributed by atoms with Crippen LogP contribution in [0, 0.1) is 11.8 Å². The van der Waals surface area contributed by atoms with Crippen LogP contribution in [0.15, 0.2) is 70.2 Å². The number of carbonyl (C=O) groups excluding carboxylic acids is 1. The molecule has 212 valence electrons. The van der Waals surface area contributed by atoms with Crippen molar-refractivity contribution in [3.63, 3.8) is 0 Å². The Morgan fingerprint density at radius 1 is 0.950 bits per heavy atom. The van der Waals surface area contributed by atoms with E-state index in [-0.39, 0.29) is 10.5 Å². The Labute approximate surface area is 246 Å². The van der Waals surface area contributed by atoms with Crippen molar-refractivity contribution in [1.29, 1.82) is 0 Å². The molecule has 1 aliphatic carbocycles. The highest BCUT2D eigenvalue weighted by atomic mass is 79.9. The molecule has 2 fully saturated rings. The molecule has 1 aromatic heterocycles. The molecular weight excluding hydrogens is 588 g/mol. The number of carbonyl (C=O) groups is 1. The van der Waals surface area contributed by atoms with Crippen molar-refractivity contribution in [2.24, 2.45) is 11.8 Å². The predicted octanol–water partition coefficient (Wildman–Crippen LogP) is 6.33. The molecule has 7 nitrogen and oxygen atoms in total. The Morgan fingerprint density at radius 2 is 1.70 bits per heavy atom. The molecule has 3 aromatic rings. The SMILES string of the molecule is O=C(NS(=O)(=O)c1cccc(Br)c1)c1cnc(N2CCC(Cc3ccccc3)CC2)nc1CCC1CCCCC1. The first-order chi connectivity index (χ1) is 19.4. The van der Waals surface area contributed by atoms with Crippen LogP contribution in [0.5, 0.6) is 0 Å². The lowest BCUT2D eigenvalue weighted by Crippen LogP contribution is -2.36. The molecule has 40 heavy (non-hydrogen) atoms. The van der Waals surface area contributed by atoms with Crippen molar-refractivity contribution in [2.45, 2.75) is 69.1 Å². The quantitative estimate of drug-likeness (QED) is 0.299. The van der Waals surface area contributed by atoms with Gasteiger partial charge in [0, 0.05) is 23.8 Å². The van der Waals surface area contributed by atoms with E-state index in [1.165, 1.54) is 56.0 Å². The van der Waals surface area contributed by atoms with E-state index in [1.807, 2.05) is 0 Å². The normalized spacial score (nSPS) is 17.1. The number of aryl methyl sites for hydroxylation is 1. The highest BCUT2D eigenvalue weighted by Gasteiger charge is 2.26. The van der Waals surface area contributed by atoms with Crippen LogP contribution < -0.4 is 9.62 Å². The standard InChI is InChI=1S/C31H37BrN4O3S/c32-26-12-7-13-27(21-26)40(38,39)35-30(37)28-22-33-31(34-29(28)15-14-23-8-3-1-4-9-23)36-18-16-25(17-19-36)20-24-10-5-2-6-11-24/h2,5-7,10-13,21-23,25H,1,3-4,8-9,14-20H2,(H,35,37). The fourth-order valence-electron chi connectivity index (χ4n) is 5.91. The summed E-state index contributed by atoms with van der Waals surface area (Å²) in [5, 5.41) is 0. The largest absolute Gasteiger partial charge is 0.341 e. The molecule has 2 aliphatic rings. The zero-order valence-electron chi connectivity index (χ0n) is 22.8. The summed E-state index contributed by atoms with van der Waals surface area (Å²) in [6.45, 7) is 1.73. The monoisotopic (exact) mass is 624 g/mol. The van der Waals surface area contributed by atoms with E-state index in [1.54, 1.807) is 12.1 Å². The molecule has 0 bridgehead atoms. The summed E-state index contributed by atoms with van der Waals surface area (Å²) >= 11 is 3.30. The summed E-state index contributed by atoms with van der Waals surface area (Å²) in [7, 11) is -4.04. The lowest BCUT2D eigenvalue weighted by atomic mass is 9.85. The highest BCUT2D eigenvalue weighted by Crippen LogP contribution is 2.29. The first-order valence-corrected chi connectivity index (χ1v) is 16.6. The summed E-state index contributed by atoms with van der Waals surface area (Å²) in [6.07, 6.45) is 12.5. The van der Waals surface area contributed by atoms with Gasteiger partial charge in [0.25, 0.3) is 15.9 Å². The smallest absolute Gasteiger partial charge is 0.268 e. The summed E-state index contributed by atoms with van der Waals surface area (Å²) in [6, 6.07) is 16.9. The molecule has 2 aromatic carbocycles. The minimum absolute atomic E-state index is 0.0230. The van der Waals surface area contributed by atoms with Gasteiger partial charge < -0.3 is 4.90 Å². The number of sulfonamides is 1. The van der Waals surface area contributed by atoms with E-state index in [0.717, 1.165) is 38.8 Å². The Kier molecular flexibility index (Phi) is 9.52. The molecule has 1 aliphatic heterocycles. The number of aromatic nitrogens is 2. The van der Waals surface area contributed by atoms with Crippen LogP contribution in [0.1, 0.15) is 73.0 Å². The zero-order chi connectivity index (χ0) is 28.0. The average Bonchev–Trinajstić information content (AvgIpc) is 2.97. The molecule has 0 radical (unpaired) electrons. The van der Waals surface area contributed by atoms with Gasteiger partial charge in [0.15, 0.2) is 0 Å². The van der Waals surface area contributed by atoms with Gasteiger partial charge in [0.05, 0.1) is 16.2 Å². The van der Waals surface area contributed by atoms with Gasteiger partial charge in [-0.15, -0.1) is 0 Å². The van der Waals surface area contributed by atoms with Crippen LogP contribution in [0.4, 0.5) is 5.95 Å². The van der Waals surface area contributed by atoms with Gasteiger partial charge >= 0.3 is 0 Å². The first kappa shape index (κ1) is 28.7. The molecule has 1 saturated heterocycles. The number of halogens is 1. The predicted molar refractivity (Wildman–Crippen MR) is 161 cm³/mol. The number of rotatable bonds is 9. The second-order valence-electron chi connectivity index (χ2n) is 11.1. The van der Waals surface area contributed by atoms with Crippen molar-refractivity contribution < 1.29 is 13.2 Å². The van der Waals surface area contributed by atoms with Gasteiger partial charge in [-0.2, -0.15) is 0 Å². The molecule has 0 spiro atoms.